The first-order valence-electron chi connectivity index (χ1n) is 9.99. The minimum atomic E-state index is -4.04. The number of nitrogens with one attached hydrogen (secondary N) is 2. The van der Waals surface area contributed by atoms with Gasteiger partial charge < -0.3 is 4.42 Å². The molecule has 0 saturated heterocycles. The van der Waals surface area contributed by atoms with Crippen molar-refractivity contribution in [2.45, 2.75) is 4.90 Å². The molecule has 0 spiro atoms. The van der Waals surface area contributed by atoms with Crippen molar-refractivity contribution in [3.8, 4) is 11.3 Å². The number of rotatable bonds is 7. The number of furan rings is 1. The van der Waals surface area contributed by atoms with Crippen molar-refractivity contribution in [1.29, 1.82) is 0 Å². The second-order valence-corrected chi connectivity index (χ2v) is 10.1. The molecule has 0 aliphatic heterocycles. The van der Waals surface area contributed by atoms with E-state index in [4.69, 9.17) is 39.2 Å². The van der Waals surface area contributed by atoms with Crippen LogP contribution in [0.3, 0.4) is 0 Å². The number of benzene rings is 3. The van der Waals surface area contributed by atoms with E-state index in [0.717, 1.165) is 5.56 Å². The average Bonchev–Trinajstić information content (AvgIpc) is 3.30. The van der Waals surface area contributed by atoms with Gasteiger partial charge in [-0.05, 0) is 60.7 Å². The predicted octanol–water partition coefficient (Wildman–Crippen LogP) is 6.47. The summed E-state index contributed by atoms with van der Waals surface area (Å²) >= 11 is 18.1. The molecule has 35 heavy (non-hydrogen) atoms. The van der Waals surface area contributed by atoms with Crippen LogP contribution in [0.2, 0.25) is 15.1 Å². The molecule has 0 radical (unpaired) electrons. The Morgan fingerprint density at radius 3 is 2.49 bits per heavy atom. The van der Waals surface area contributed by atoms with Crippen LogP contribution in [0.15, 0.2) is 93.3 Å². The lowest BCUT2D eigenvalue weighted by Crippen LogP contribution is -2.19. The topological polar surface area (TPSA) is 101 Å². The first kappa shape index (κ1) is 24.8. The number of hydrazone groups is 1. The van der Waals surface area contributed by atoms with Gasteiger partial charge in [0.1, 0.15) is 11.5 Å². The third-order valence-electron chi connectivity index (χ3n) is 4.70. The van der Waals surface area contributed by atoms with Gasteiger partial charge in [-0.1, -0.05) is 53.0 Å². The highest BCUT2D eigenvalue weighted by molar-refractivity contribution is 7.92. The Morgan fingerprint density at radius 1 is 0.886 bits per heavy atom. The third kappa shape index (κ3) is 6.04. The van der Waals surface area contributed by atoms with Gasteiger partial charge in [0.25, 0.3) is 15.9 Å². The quantitative estimate of drug-likeness (QED) is 0.204. The van der Waals surface area contributed by atoms with Gasteiger partial charge >= 0.3 is 0 Å². The summed E-state index contributed by atoms with van der Waals surface area (Å²) in [7, 11) is -4.04. The van der Waals surface area contributed by atoms with Crippen molar-refractivity contribution in [2.75, 3.05) is 4.72 Å². The maximum Gasteiger partial charge on any atom is 0.271 e. The highest BCUT2D eigenvalue weighted by Gasteiger charge is 2.18. The van der Waals surface area contributed by atoms with E-state index in [1.54, 1.807) is 18.2 Å². The number of amides is 1. The monoisotopic (exact) mass is 547 g/mol. The molecule has 4 rings (SSSR count). The lowest BCUT2D eigenvalue weighted by molar-refractivity contribution is 0.0955. The zero-order chi connectivity index (χ0) is 25.0. The van der Waals surface area contributed by atoms with Crippen molar-refractivity contribution in [3.63, 3.8) is 0 Å². The second-order valence-electron chi connectivity index (χ2n) is 7.14. The number of anilines is 1. The molecule has 0 fully saturated rings. The van der Waals surface area contributed by atoms with E-state index in [-0.39, 0.29) is 21.2 Å². The van der Waals surface area contributed by atoms with Crippen molar-refractivity contribution < 1.29 is 17.6 Å². The molecule has 0 aliphatic carbocycles. The molecule has 11 heteroatoms. The highest BCUT2D eigenvalue weighted by atomic mass is 35.5. The van der Waals surface area contributed by atoms with Crippen molar-refractivity contribution in [1.82, 2.24) is 5.43 Å². The van der Waals surface area contributed by atoms with Crippen LogP contribution in [0.5, 0.6) is 0 Å². The molecule has 1 heterocycles. The Balaban J connectivity index is 1.45. The second kappa shape index (κ2) is 10.5. The minimum absolute atomic E-state index is 0.0819. The smallest absolute Gasteiger partial charge is 0.271 e. The maximum absolute atomic E-state index is 12.8. The van der Waals surface area contributed by atoms with Gasteiger partial charge in [0.15, 0.2) is 0 Å². The van der Waals surface area contributed by atoms with E-state index in [0.29, 0.717) is 21.6 Å². The summed E-state index contributed by atoms with van der Waals surface area (Å²) in [5, 5.41) is 4.91. The standard InChI is InChI=1S/C24H16Cl3N3O4S/c25-16-8-10-21(27)22(13-16)30-35(32,33)18-5-3-4-15(12-18)24(31)29-28-14-17-9-11-23(34-17)19-6-1-2-7-20(19)26/h1-14,30H,(H,29,31)/b28-14-. The van der Waals surface area contributed by atoms with Gasteiger partial charge in [0.2, 0.25) is 0 Å². The Kier molecular flexibility index (Phi) is 7.47. The van der Waals surface area contributed by atoms with Gasteiger partial charge in [0, 0.05) is 16.1 Å². The Labute approximate surface area is 216 Å². The van der Waals surface area contributed by atoms with Gasteiger partial charge in [0.05, 0.1) is 26.8 Å². The van der Waals surface area contributed by atoms with Crippen LogP contribution in [-0.2, 0) is 10.0 Å². The molecular formula is C24H16Cl3N3O4S. The van der Waals surface area contributed by atoms with Crippen molar-refractivity contribution >= 4 is 62.6 Å². The summed E-state index contributed by atoms with van der Waals surface area (Å²) in [4.78, 5) is 12.4. The Bertz CT molecular complexity index is 1530. The number of carbonyl (C=O) groups excluding carboxylic acids is 1. The molecule has 4 aromatic rings. The number of nitrogens with zero attached hydrogens (tertiary/aromatic N) is 1. The van der Waals surface area contributed by atoms with Crippen LogP contribution in [0.4, 0.5) is 5.69 Å². The zero-order valence-corrected chi connectivity index (χ0v) is 20.8. The van der Waals surface area contributed by atoms with Gasteiger partial charge in [-0.15, -0.1) is 0 Å². The van der Waals surface area contributed by atoms with E-state index >= 15 is 0 Å². The Hall–Kier alpha value is -3.30. The molecular weight excluding hydrogens is 533 g/mol. The molecule has 0 saturated carbocycles. The SMILES string of the molecule is O=C(N/N=C\c1ccc(-c2ccccc2Cl)o1)c1cccc(S(=O)(=O)Nc2cc(Cl)ccc2Cl)c1. The van der Waals surface area contributed by atoms with E-state index in [2.05, 4.69) is 15.2 Å². The summed E-state index contributed by atoms with van der Waals surface area (Å²) in [6.45, 7) is 0. The first-order chi connectivity index (χ1) is 16.7. The maximum atomic E-state index is 12.8. The molecule has 178 valence electrons. The fourth-order valence-electron chi connectivity index (χ4n) is 3.03. The zero-order valence-electron chi connectivity index (χ0n) is 17.7. The van der Waals surface area contributed by atoms with Crippen LogP contribution >= 0.6 is 34.8 Å². The number of hydrogen-bond donors (Lipinski definition) is 2. The highest BCUT2D eigenvalue weighted by Crippen LogP contribution is 2.29. The normalized spacial score (nSPS) is 11.5. The summed E-state index contributed by atoms with van der Waals surface area (Å²) in [5.41, 5.74) is 3.27. The van der Waals surface area contributed by atoms with Crippen LogP contribution < -0.4 is 10.1 Å². The lowest BCUT2D eigenvalue weighted by Gasteiger charge is -2.11. The van der Waals surface area contributed by atoms with Gasteiger partial charge in [-0.2, -0.15) is 5.10 Å². The number of sulfonamides is 1. The van der Waals surface area contributed by atoms with Crippen molar-refractivity contribution in [2.24, 2.45) is 5.10 Å². The van der Waals surface area contributed by atoms with Gasteiger partial charge in [-0.25, -0.2) is 13.8 Å². The summed E-state index contributed by atoms with van der Waals surface area (Å²) in [6, 6.07) is 20.5. The lowest BCUT2D eigenvalue weighted by atomic mass is 10.2. The minimum Gasteiger partial charge on any atom is -0.455 e. The molecule has 0 unspecified atom stereocenters. The summed E-state index contributed by atoms with van der Waals surface area (Å²) in [6.07, 6.45) is 1.32. The van der Waals surface area contributed by atoms with Crippen LogP contribution in [0.25, 0.3) is 11.3 Å². The van der Waals surface area contributed by atoms with Crippen LogP contribution in [0, 0.1) is 0 Å². The van der Waals surface area contributed by atoms with E-state index < -0.39 is 15.9 Å². The van der Waals surface area contributed by atoms with Crippen LogP contribution in [-0.4, -0.2) is 20.5 Å². The molecule has 0 aliphatic rings. The number of hydrogen-bond acceptors (Lipinski definition) is 5. The molecule has 2 N–H and O–H groups in total. The van der Waals surface area contributed by atoms with E-state index in [1.165, 1.54) is 48.7 Å². The largest absolute Gasteiger partial charge is 0.455 e. The summed E-state index contributed by atoms with van der Waals surface area (Å²) in [5.74, 6) is 0.324. The fourth-order valence-corrected chi connectivity index (χ4v) is 4.77. The number of halogens is 3. The molecule has 0 bridgehead atoms. The molecule has 7 nitrogen and oxygen atoms in total. The van der Waals surface area contributed by atoms with E-state index in [1.807, 2.05) is 18.2 Å². The predicted molar refractivity (Wildman–Crippen MR) is 138 cm³/mol. The van der Waals surface area contributed by atoms with Crippen LogP contribution in [0.1, 0.15) is 16.1 Å². The molecule has 1 amide bonds. The van der Waals surface area contributed by atoms with Gasteiger partial charge in [-0.3, -0.25) is 9.52 Å². The third-order valence-corrected chi connectivity index (χ3v) is 6.96. The summed E-state index contributed by atoms with van der Waals surface area (Å²) < 4.78 is 33.6. The molecule has 3 aromatic carbocycles. The van der Waals surface area contributed by atoms with Crippen molar-refractivity contribution in [3.05, 3.63) is 105 Å². The first-order valence-corrected chi connectivity index (χ1v) is 12.6. The molecule has 1 aromatic heterocycles. The molecule has 0 atom stereocenters. The fraction of sp³-hybridized carbons (Fsp3) is 0. The van der Waals surface area contributed by atoms with E-state index in [9.17, 15) is 13.2 Å². The average molecular weight is 549 g/mol. The Morgan fingerprint density at radius 2 is 1.69 bits per heavy atom. The number of carbonyl (C=O) groups is 1.